The lowest BCUT2D eigenvalue weighted by molar-refractivity contribution is 0.266. The lowest BCUT2D eigenvalue weighted by Crippen LogP contribution is -2.46. The van der Waals surface area contributed by atoms with E-state index < -0.39 is 0 Å². The summed E-state index contributed by atoms with van der Waals surface area (Å²) in [5, 5.41) is 3.46. The van der Waals surface area contributed by atoms with Gasteiger partial charge in [0, 0.05) is 45.0 Å². The molecule has 1 N–H and O–H groups in total. The molecule has 1 aliphatic rings. The van der Waals surface area contributed by atoms with Crippen LogP contribution in [-0.2, 0) is 6.54 Å². The Morgan fingerprint density at radius 2 is 2.17 bits per heavy atom. The molecule has 2 heterocycles. The van der Waals surface area contributed by atoms with Crippen molar-refractivity contribution in [2.24, 2.45) is 10.9 Å². The first kappa shape index (κ1) is 21.0. The minimum Gasteiger partial charge on any atom is -0.356 e. The van der Waals surface area contributed by atoms with Crippen LogP contribution in [0.1, 0.15) is 38.3 Å². The Kier molecular flexibility index (Phi) is 9.39. The number of halogens is 1. The topological polar surface area (TPSA) is 49.6 Å². The predicted octanol–water partition coefficient (Wildman–Crippen LogP) is 2.86. The fourth-order valence-corrected chi connectivity index (χ4v) is 3.22. The summed E-state index contributed by atoms with van der Waals surface area (Å²) in [7, 11) is 1.86. The van der Waals surface area contributed by atoms with E-state index in [-0.39, 0.29) is 29.5 Å². The van der Waals surface area contributed by atoms with Crippen LogP contribution in [0.15, 0.2) is 28.0 Å². The number of hydrogen-bond acceptors (Lipinski definition) is 2. The van der Waals surface area contributed by atoms with E-state index in [0.29, 0.717) is 0 Å². The minimum atomic E-state index is 0. The average molecular weight is 446 g/mol. The summed E-state index contributed by atoms with van der Waals surface area (Å²) in [5.74, 6) is 1.76. The molecule has 0 bridgehead atoms. The standard InChI is InChI=1S/C18H30N4O.HI/c1-15-8-7-12-21(14-15)18(19-3)20-11-4-5-13-22-16(2)9-6-10-17(22)23;/h6,9-10,15H,4-5,7-8,11-14H2,1-3H3,(H,19,20);1H. The Morgan fingerprint density at radius 3 is 2.83 bits per heavy atom. The van der Waals surface area contributed by atoms with Crippen LogP contribution in [0.4, 0.5) is 0 Å². The number of pyridine rings is 1. The predicted molar refractivity (Wildman–Crippen MR) is 111 cm³/mol. The zero-order chi connectivity index (χ0) is 16.7. The van der Waals surface area contributed by atoms with Crippen molar-refractivity contribution in [2.45, 2.75) is 46.1 Å². The van der Waals surface area contributed by atoms with Gasteiger partial charge in [-0.25, -0.2) is 0 Å². The number of nitrogens with one attached hydrogen (secondary N) is 1. The molecule has 1 aliphatic heterocycles. The summed E-state index contributed by atoms with van der Waals surface area (Å²) in [6, 6.07) is 5.43. The third kappa shape index (κ3) is 6.11. The van der Waals surface area contributed by atoms with Crippen molar-refractivity contribution in [3.8, 4) is 0 Å². The Morgan fingerprint density at radius 1 is 1.38 bits per heavy atom. The summed E-state index contributed by atoms with van der Waals surface area (Å²) in [6.45, 7) is 8.17. The van der Waals surface area contributed by atoms with Crippen molar-refractivity contribution in [3.05, 3.63) is 34.2 Å². The second-order valence-corrected chi connectivity index (χ2v) is 6.53. The Hall–Kier alpha value is -1.05. The lowest BCUT2D eigenvalue weighted by atomic mass is 10.0. The van der Waals surface area contributed by atoms with Crippen molar-refractivity contribution in [2.75, 3.05) is 26.7 Å². The summed E-state index contributed by atoms with van der Waals surface area (Å²) in [6.07, 6.45) is 4.59. The fourth-order valence-electron chi connectivity index (χ4n) is 3.22. The average Bonchev–Trinajstić information content (AvgIpc) is 2.53. The van der Waals surface area contributed by atoms with Gasteiger partial charge < -0.3 is 14.8 Å². The number of aliphatic imine (C=N–C) groups is 1. The number of guanidine groups is 1. The monoisotopic (exact) mass is 446 g/mol. The summed E-state index contributed by atoms with van der Waals surface area (Å²) >= 11 is 0. The highest BCUT2D eigenvalue weighted by Crippen LogP contribution is 2.15. The zero-order valence-electron chi connectivity index (χ0n) is 15.1. The van der Waals surface area contributed by atoms with E-state index in [4.69, 9.17) is 0 Å². The molecule has 1 atom stereocenters. The van der Waals surface area contributed by atoms with E-state index in [1.165, 1.54) is 12.8 Å². The molecule has 0 amide bonds. The van der Waals surface area contributed by atoms with Gasteiger partial charge in [-0.05, 0) is 44.6 Å². The number of rotatable bonds is 5. The van der Waals surface area contributed by atoms with Gasteiger partial charge in [-0.15, -0.1) is 24.0 Å². The van der Waals surface area contributed by atoms with Crippen LogP contribution in [0.5, 0.6) is 0 Å². The Balaban J connectivity index is 0.00000288. The molecule has 0 aliphatic carbocycles. The number of likely N-dealkylation sites (tertiary alicyclic amines) is 1. The first-order valence-corrected chi connectivity index (χ1v) is 8.74. The Bertz CT molecular complexity index is 585. The van der Waals surface area contributed by atoms with Crippen molar-refractivity contribution >= 4 is 29.9 Å². The zero-order valence-corrected chi connectivity index (χ0v) is 17.5. The number of aryl methyl sites for hydroxylation is 1. The molecule has 6 heteroatoms. The molecular weight excluding hydrogens is 415 g/mol. The second-order valence-electron chi connectivity index (χ2n) is 6.53. The maximum atomic E-state index is 11.8. The molecule has 5 nitrogen and oxygen atoms in total. The SMILES string of the molecule is CN=C(NCCCCn1c(C)cccc1=O)N1CCCC(C)C1.I. The van der Waals surface area contributed by atoms with Crippen LogP contribution in [0, 0.1) is 12.8 Å². The normalized spacial score (nSPS) is 18.2. The molecular formula is C18H31IN4O. The number of aromatic nitrogens is 1. The highest BCUT2D eigenvalue weighted by Gasteiger charge is 2.18. The molecule has 136 valence electrons. The van der Waals surface area contributed by atoms with E-state index in [0.717, 1.165) is 56.6 Å². The molecule has 0 radical (unpaired) electrons. The van der Waals surface area contributed by atoms with Crippen LogP contribution in [-0.4, -0.2) is 42.1 Å². The quantitative estimate of drug-likeness (QED) is 0.328. The van der Waals surface area contributed by atoms with E-state index in [1.807, 2.05) is 30.7 Å². The molecule has 1 aromatic rings. The summed E-state index contributed by atoms with van der Waals surface area (Å²) in [5.41, 5.74) is 1.12. The van der Waals surface area contributed by atoms with Gasteiger partial charge in [-0.2, -0.15) is 0 Å². The number of nitrogens with zero attached hydrogens (tertiary/aromatic N) is 3. The van der Waals surface area contributed by atoms with E-state index >= 15 is 0 Å². The fraction of sp³-hybridized carbons (Fsp3) is 0.667. The second kappa shape index (κ2) is 10.7. The van der Waals surface area contributed by atoms with Crippen molar-refractivity contribution in [1.82, 2.24) is 14.8 Å². The van der Waals surface area contributed by atoms with Crippen LogP contribution >= 0.6 is 24.0 Å². The lowest BCUT2D eigenvalue weighted by Gasteiger charge is -2.33. The minimum absolute atomic E-state index is 0. The van der Waals surface area contributed by atoms with Crippen LogP contribution in [0.3, 0.4) is 0 Å². The van der Waals surface area contributed by atoms with Gasteiger partial charge in [0.15, 0.2) is 5.96 Å². The van der Waals surface area contributed by atoms with E-state index in [9.17, 15) is 4.79 Å². The van der Waals surface area contributed by atoms with Gasteiger partial charge >= 0.3 is 0 Å². The van der Waals surface area contributed by atoms with E-state index in [1.54, 1.807) is 6.07 Å². The van der Waals surface area contributed by atoms with Gasteiger partial charge in [0.25, 0.3) is 5.56 Å². The molecule has 24 heavy (non-hydrogen) atoms. The molecule has 0 aromatic carbocycles. The third-order valence-corrected chi connectivity index (χ3v) is 4.53. The largest absolute Gasteiger partial charge is 0.356 e. The molecule has 1 saturated heterocycles. The van der Waals surface area contributed by atoms with Gasteiger partial charge in [0.2, 0.25) is 0 Å². The highest BCUT2D eigenvalue weighted by molar-refractivity contribution is 14.0. The maximum absolute atomic E-state index is 11.8. The molecule has 0 saturated carbocycles. The molecule has 0 spiro atoms. The van der Waals surface area contributed by atoms with Crippen molar-refractivity contribution < 1.29 is 0 Å². The third-order valence-electron chi connectivity index (χ3n) is 4.53. The smallest absolute Gasteiger partial charge is 0.250 e. The number of unbranched alkanes of at least 4 members (excludes halogenated alkanes) is 1. The maximum Gasteiger partial charge on any atom is 0.250 e. The molecule has 1 fully saturated rings. The van der Waals surface area contributed by atoms with Crippen LogP contribution in [0.2, 0.25) is 0 Å². The number of hydrogen-bond donors (Lipinski definition) is 1. The first-order chi connectivity index (χ1) is 11.1. The number of piperidine rings is 1. The van der Waals surface area contributed by atoms with Gasteiger partial charge in [-0.3, -0.25) is 9.79 Å². The van der Waals surface area contributed by atoms with Gasteiger partial charge in [0.05, 0.1) is 0 Å². The molecule has 2 rings (SSSR count). The first-order valence-electron chi connectivity index (χ1n) is 8.74. The summed E-state index contributed by atoms with van der Waals surface area (Å²) < 4.78 is 1.85. The van der Waals surface area contributed by atoms with Crippen LogP contribution in [0.25, 0.3) is 0 Å². The van der Waals surface area contributed by atoms with Gasteiger partial charge in [-0.1, -0.05) is 13.0 Å². The summed E-state index contributed by atoms with van der Waals surface area (Å²) in [4.78, 5) is 18.6. The van der Waals surface area contributed by atoms with Crippen molar-refractivity contribution in [1.29, 1.82) is 0 Å². The van der Waals surface area contributed by atoms with E-state index in [2.05, 4.69) is 22.1 Å². The van der Waals surface area contributed by atoms with Crippen LogP contribution < -0.4 is 10.9 Å². The van der Waals surface area contributed by atoms with Gasteiger partial charge in [0.1, 0.15) is 0 Å². The highest BCUT2D eigenvalue weighted by atomic mass is 127. The molecule has 1 unspecified atom stereocenters. The van der Waals surface area contributed by atoms with Crippen molar-refractivity contribution in [3.63, 3.8) is 0 Å². The molecule has 1 aromatic heterocycles. The Labute approximate surface area is 162 Å².